The lowest BCUT2D eigenvalue weighted by Crippen LogP contribution is -2.15. The Morgan fingerprint density at radius 1 is 1.75 bits per heavy atom. The molecule has 0 aliphatic heterocycles. The molecule has 0 aliphatic rings. The highest BCUT2D eigenvalue weighted by Crippen LogP contribution is 1.92. The van der Waals surface area contributed by atoms with Crippen LogP contribution in [-0.4, -0.2) is 11.8 Å². The number of ketones is 1. The van der Waals surface area contributed by atoms with E-state index < -0.39 is 0 Å². The molecular formula is C6H13NO. The first kappa shape index (κ1) is 7.63. The van der Waals surface area contributed by atoms with E-state index in [0.717, 1.165) is 6.42 Å². The van der Waals surface area contributed by atoms with Crippen molar-refractivity contribution in [1.29, 1.82) is 0 Å². The van der Waals surface area contributed by atoms with Crippen LogP contribution in [0.15, 0.2) is 0 Å². The van der Waals surface area contributed by atoms with Crippen LogP contribution in [0.5, 0.6) is 0 Å². The van der Waals surface area contributed by atoms with Crippen molar-refractivity contribution in [3.63, 3.8) is 0 Å². The first-order valence-electron chi connectivity index (χ1n) is 2.88. The molecule has 0 saturated heterocycles. The van der Waals surface area contributed by atoms with Gasteiger partial charge < -0.3 is 10.5 Å². The Morgan fingerprint density at radius 3 is 2.38 bits per heavy atom. The van der Waals surface area contributed by atoms with Crippen molar-refractivity contribution in [2.45, 2.75) is 32.7 Å². The lowest BCUT2D eigenvalue weighted by atomic mass is 10.1. The third-order valence-electron chi connectivity index (χ3n) is 0.952. The molecule has 0 radical (unpaired) electrons. The molecule has 8 heavy (non-hydrogen) atoms. The van der Waals surface area contributed by atoms with Gasteiger partial charge in [0.1, 0.15) is 5.78 Å². The second-order valence-electron chi connectivity index (χ2n) is 2.22. The molecule has 0 aliphatic carbocycles. The van der Waals surface area contributed by atoms with Crippen molar-refractivity contribution >= 4 is 5.78 Å². The predicted molar refractivity (Wildman–Crippen MR) is 33.6 cm³/mol. The first-order valence-corrected chi connectivity index (χ1v) is 2.88. The number of hydrogen-bond acceptors (Lipinski definition) is 2. The molecule has 0 amide bonds. The Bertz CT molecular complexity index is 78.6. The smallest absolute Gasteiger partial charge is 0.129 e. The number of rotatable bonds is 3. The van der Waals surface area contributed by atoms with Crippen LogP contribution in [0, 0.1) is 0 Å². The zero-order valence-corrected chi connectivity index (χ0v) is 5.48. The zero-order valence-electron chi connectivity index (χ0n) is 5.48. The van der Waals surface area contributed by atoms with Gasteiger partial charge in [-0.15, -0.1) is 0 Å². The van der Waals surface area contributed by atoms with Crippen LogP contribution in [0.2, 0.25) is 0 Å². The standard InChI is InChI=1S/C6H13NO/c1-5(7)3-4-6(2)8/h5H,3-4,7H2,1-2H3/t5-/m1/s1. The molecule has 48 valence electrons. The molecule has 0 rings (SSSR count). The van der Waals surface area contributed by atoms with Gasteiger partial charge in [0.05, 0.1) is 0 Å². The minimum atomic E-state index is 0.166. The molecule has 2 N–H and O–H groups in total. The average Bonchev–Trinajstić information content (AvgIpc) is 1.61. The van der Waals surface area contributed by atoms with Crippen LogP contribution < -0.4 is 5.73 Å². The van der Waals surface area contributed by atoms with Gasteiger partial charge in [-0.2, -0.15) is 0 Å². The van der Waals surface area contributed by atoms with E-state index in [-0.39, 0.29) is 11.8 Å². The van der Waals surface area contributed by atoms with E-state index in [1.165, 1.54) is 0 Å². The molecular weight excluding hydrogens is 102 g/mol. The van der Waals surface area contributed by atoms with Gasteiger partial charge in [-0.3, -0.25) is 0 Å². The topological polar surface area (TPSA) is 43.1 Å². The number of Topliss-reactive ketones (excluding diaryl/α,β-unsaturated/α-hetero) is 1. The molecule has 0 heterocycles. The Labute approximate surface area is 50.1 Å². The van der Waals surface area contributed by atoms with Gasteiger partial charge in [0, 0.05) is 12.5 Å². The Morgan fingerprint density at radius 2 is 2.25 bits per heavy atom. The van der Waals surface area contributed by atoms with E-state index in [2.05, 4.69) is 0 Å². The third-order valence-corrected chi connectivity index (χ3v) is 0.952. The molecule has 0 aromatic carbocycles. The highest BCUT2D eigenvalue weighted by molar-refractivity contribution is 5.75. The summed E-state index contributed by atoms with van der Waals surface area (Å²) in [6.45, 7) is 3.49. The van der Waals surface area contributed by atoms with Crippen LogP contribution in [0.3, 0.4) is 0 Å². The van der Waals surface area contributed by atoms with Gasteiger partial charge in [-0.25, -0.2) is 0 Å². The highest BCUT2D eigenvalue weighted by Gasteiger charge is 1.95. The summed E-state index contributed by atoms with van der Waals surface area (Å²) < 4.78 is 0. The van der Waals surface area contributed by atoms with Crippen molar-refractivity contribution in [3.8, 4) is 0 Å². The maximum atomic E-state index is 10.3. The SMILES string of the molecule is CC(=O)CC[C@@H](C)N. The summed E-state index contributed by atoms with van der Waals surface area (Å²) in [7, 11) is 0. The fourth-order valence-electron chi connectivity index (χ4n) is 0.431. The number of nitrogens with two attached hydrogens (primary N) is 1. The molecule has 0 aromatic rings. The maximum absolute atomic E-state index is 10.3. The normalized spacial score (nSPS) is 13.4. The fraction of sp³-hybridized carbons (Fsp3) is 0.833. The summed E-state index contributed by atoms with van der Waals surface area (Å²) in [5.41, 5.74) is 5.39. The third kappa shape index (κ3) is 5.63. The molecule has 0 aromatic heterocycles. The highest BCUT2D eigenvalue weighted by atomic mass is 16.1. The summed E-state index contributed by atoms with van der Waals surface area (Å²) in [5.74, 6) is 0.224. The number of carbonyl (C=O) groups excluding carboxylic acids is 1. The van der Waals surface area contributed by atoms with E-state index >= 15 is 0 Å². The van der Waals surface area contributed by atoms with Gasteiger partial charge in [0.2, 0.25) is 0 Å². The summed E-state index contributed by atoms with van der Waals surface area (Å²) in [6, 6.07) is 0.166. The van der Waals surface area contributed by atoms with Gasteiger partial charge in [-0.1, -0.05) is 0 Å². The Kier molecular flexibility index (Phi) is 3.44. The monoisotopic (exact) mass is 115 g/mol. The molecule has 0 bridgehead atoms. The molecule has 0 fully saturated rings. The number of hydrogen-bond donors (Lipinski definition) is 1. The van der Waals surface area contributed by atoms with E-state index in [9.17, 15) is 4.79 Å². The maximum Gasteiger partial charge on any atom is 0.129 e. The second-order valence-corrected chi connectivity index (χ2v) is 2.22. The second kappa shape index (κ2) is 3.61. The van der Waals surface area contributed by atoms with Crippen LogP contribution in [0.4, 0.5) is 0 Å². The van der Waals surface area contributed by atoms with E-state index in [0.29, 0.717) is 6.42 Å². The summed E-state index contributed by atoms with van der Waals surface area (Å²) in [5, 5.41) is 0. The van der Waals surface area contributed by atoms with Gasteiger partial charge in [-0.05, 0) is 20.3 Å². The summed E-state index contributed by atoms with van der Waals surface area (Å²) in [6.07, 6.45) is 1.44. The minimum absolute atomic E-state index is 0.166. The van der Waals surface area contributed by atoms with Crippen LogP contribution in [-0.2, 0) is 4.79 Å². The first-order chi connectivity index (χ1) is 3.63. The van der Waals surface area contributed by atoms with Gasteiger partial charge in [0.15, 0.2) is 0 Å². The van der Waals surface area contributed by atoms with E-state index in [4.69, 9.17) is 5.73 Å². The lowest BCUT2D eigenvalue weighted by molar-refractivity contribution is -0.117. The minimum Gasteiger partial charge on any atom is -0.328 e. The Balaban J connectivity index is 3.05. The molecule has 0 unspecified atom stereocenters. The molecule has 2 heteroatoms. The molecule has 1 atom stereocenters. The van der Waals surface area contributed by atoms with Crippen LogP contribution in [0.1, 0.15) is 26.7 Å². The molecule has 0 saturated carbocycles. The molecule has 0 spiro atoms. The van der Waals surface area contributed by atoms with Gasteiger partial charge >= 0.3 is 0 Å². The van der Waals surface area contributed by atoms with Crippen molar-refractivity contribution in [1.82, 2.24) is 0 Å². The number of carbonyl (C=O) groups is 1. The zero-order chi connectivity index (χ0) is 6.57. The van der Waals surface area contributed by atoms with E-state index in [1.807, 2.05) is 6.92 Å². The van der Waals surface area contributed by atoms with Crippen LogP contribution >= 0.6 is 0 Å². The molecule has 2 nitrogen and oxygen atoms in total. The van der Waals surface area contributed by atoms with Crippen molar-refractivity contribution in [2.75, 3.05) is 0 Å². The summed E-state index contributed by atoms with van der Waals surface area (Å²) in [4.78, 5) is 10.3. The van der Waals surface area contributed by atoms with Gasteiger partial charge in [0.25, 0.3) is 0 Å². The average molecular weight is 115 g/mol. The summed E-state index contributed by atoms with van der Waals surface area (Å²) >= 11 is 0. The fourth-order valence-corrected chi connectivity index (χ4v) is 0.431. The van der Waals surface area contributed by atoms with E-state index in [1.54, 1.807) is 6.92 Å². The van der Waals surface area contributed by atoms with Crippen molar-refractivity contribution < 1.29 is 4.79 Å². The lowest BCUT2D eigenvalue weighted by Gasteiger charge is -1.99. The van der Waals surface area contributed by atoms with Crippen molar-refractivity contribution in [3.05, 3.63) is 0 Å². The Hall–Kier alpha value is -0.370. The van der Waals surface area contributed by atoms with Crippen LogP contribution in [0.25, 0.3) is 0 Å². The largest absolute Gasteiger partial charge is 0.328 e. The predicted octanol–water partition coefficient (Wildman–Crippen LogP) is 0.703. The quantitative estimate of drug-likeness (QED) is 0.588. The van der Waals surface area contributed by atoms with Crippen molar-refractivity contribution in [2.24, 2.45) is 5.73 Å².